The second-order valence-electron chi connectivity index (χ2n) is 8.51. The summed E-state index contributed by atoms with van der Waals surface area (Å²) in [6.45, 7) is 4.76. The molecule has 2 heteroatoms. The average Bonchev–Trinajstić information content (AvgIpc) is 2.76. The van der Waals surface area contributed by atoms with Gasteiger partial charge in [0, 0.05) is 11.8 Å². The lowest BCUT2D eigenvalue weighted by atomic mass is 9.46. The van der Waals surface area contributed by atoms with Crippen LogP contribution in [0.1, 0.15) is 58.8 Å². The molecular formula is C19H28O2. The van der Waals surface area contributed by atoms with Crippen LogP contribution >= 0.6 is 0 Å². The van der Waals surface area contributed by atoms with Crippen molar-refractivity contribution in [1.82, 2.24) is 0 Å². The maximum absolute atomic E-state index is 10.3. The monoisotopic (exact) mass is 288 g/mol. The number of aliphatic hydroxyl groups excluding tert-OH is 2. The van der Waals surface area contributed by atoms with Gasteiger partial charge in [0.2, 0.25) is 0 Å². The average molecular weight is 288 g/mol. The van der Waals surface area contributed by atoms with Crippen molar-refractivity contribution in [3.8, 4) is 0 Å². The normalized spacial score (nSPS) is 52.3. The number of aliphatic hydroxyl groups is 2. The highest BCUT2D eigenvalue weighted by molar-refractivity contribution is 5.21. The van der Waals surface area contributed by atoms with Crippen LogP contribution in [0.3, 0.4) is 0 Å². The van der Waals surface area contributed by atoms with Crippen LogP contribution in [0.5, 0.6) is 0 Å². The van der Waals surface area contributed by atoms with E-state index in [1.165, 1.54) is 19.3 Å². The van der Waals surface area contributed by atoms with Gasteiger partial charge in [-0.3, -0.25) is 0 Å². The van der Waals surface area contributed by atoms with Crippen molar-refractivity contribution in [3.05, 3.63) is 23.7 Å². The molecule has 0 aliphatic heterocycles. The van der Waals surface area contributed by atoms with Crippen molar-refractivity contribution in [3.63, 3.8) is 0 Å². The van der Waals surface area contributed by atoms with E-state index in [1.807, 2.05) is 0 Å². The van der Waals surface area contributed by atoms with Crippen molar-refractivity contribution in [1.29, 1.82) is 0 Å². The van der Waals surface area contributed by atoms with Crippen molar-refractivity contribution in [2.45, 2.75) is 58.8 Å². The van der Waals surface area contributed by atoms with Crippen molar-refractivity contribution >= 4 is 0 Å². The minimum atomic E-state index is 0.0526. The SMILES string of the molecule is C[C@]12CCC(O)=CC1CC[C@@H]1[C@H]2CC[C@]2(C)C(O)=CC[C@@H]12. The molecule has 4 aliphatic carbocycles. The predicted molar refractivity (Wildman–Crippen MR) is 83.9 cm³/mol. The van der Waals surface area contributed by atoms with Crippen LogP contribution in [0.4, 0.5) is 0 Å². The van der Waals surface area contributed by atoms with Crippen LogP contribution in [0.15, 0.2) is 23.7 Å². The van der Waals surface area contributed by atoms with Gasteiger partial charge in [-0.25, -0.2) is 0 Å². The smallest absolute Gasteiger partial charge is 0.0944 e. The molecule has 0 aromatic carbocycles. The summed E-state index contributed by atoms with van der Waals surface area (Å²) < 4.78 is 0. The maximum Gasteiger partial charge on any atom is 0.0944 e. The first kappa shape index (κ1) is 13.7. The van der Waals surface area contributed by atoms with Crippen LogP contribution in [0.2, 0.25) is 0 Å². The van der Waals surface area contributed by atoms with E-state index in [-0.39, 0.29) is 5.41 Å². The van der Waals surface area contributed by atoms with E-state index in [2.05, 4.69) is 26.0 Å². The van der Waals surface area contributed by atoms with Crippen molar-refractivity contribution < 1.29 is 10.2 Å². The van der Waals surface area contributed by atoms with E-state index in [0.717, 1.165) is 37.5 Å². The van der Waals surface area contributed by atoms with Gasteiger partial charge in [-0.2, -0.15) is 0 Å². The second-order valence-corrected chi connectivity index (χ2v) is 8.51. The topological polar surface area (TPSA) is 40.5 Å². The third-order valence-corrected chi connectivity index (χ3v) is 7.80. The molecule has 0 aromatic rings. The minimum absolute atomic E-state index is 0.0526. The zero-order chi connectivity index (χ0) is 14.8. The first-order valence-electron chi connectivity index (χ1n) is 8.74. The Morgan fingerprint density at radius 3 is 2.67 bits per heavy atom. The van der Waals surface area contributed by atoms with Gasteiger partial charge in [-0.05, 0) is 79.8 Å². The molecule has 2 N–H and O–H groups in total. The van der Waals surface area contributed by atoms with Crippen LogP contribution in [0, 0.1) is 34.5 Å². The zero-order valence-corrected chi connectivity index (χ0v) is 13.3. The fourth-order valence-electron chi connectivity index (χ4n) is 6.39. The lowest BCUT2D eigenvalue weighted by Gasteiger charge is -2.59. The number of fused-ring (bicyclic) bond motifs is 5. The number of allylic oxidation sites excluding steroid dienone is 4. The van der Waals surface area contributed by atoms with Gasteiger partial charge in [-0.15, -0.1) is 0 Å². The Kier molecular flexibility index (Phi) is 2.81. The molecule has 116 valence electrons. The molecule has 6 atom stereocenters. The van der Waals surface area contributed by atoms with Gasteiger partial charge in [0.1, 0.15) is 0 Å². The summed E-state index contributed by atoms with van der Waals surface area (Å²) in [6.07, 6.45) is 12.2. The third-order valence-electron chi connectivity index (χ3n) is 7.80. The summed E-state index contributed by atoms with van der Waals surface area (Å²) in [5, 5.41) is 20.2. The molecule has 0 amide bonds. The van der Waals surface area contributed by atoms with E-state index in [1.54, 1.807) is 0 Å². The van der Waals surface area contributed by atoms with Gasteiger partial charge in [0.15, 0.2) is 0 Å². The Balaban J connectivity index is 1.66. The number of rotatable bonds is 0. The predicted octanol–water partition coefficient (Wildman–Crippen LogP) is 5.13. The van der Waals surface area contributed by atoms with Gasteiger partial charge in [0.25, 0.3) is 0 Å². The molecule has 4 aliphatic rings. The molecule has 4 rings (SSSR count). The molecule has 0 heterocycles. The summed E-state index contributed by atoms with van der Waals surface area (Å²) in [7, 11) is 0. The summed E-state index contributed by atoms with van der Waals surface area (Å²) in [5.41, 5.74) is 0.422. The summed E-state index contributed by atoms with van der Waals surface area (Å²) >= 11 is 0. The Hall–Kier alpha value is -0.920. The first-order chi connectivity index (χ1) is 9.95. The van der Waals surface area contributed by atoms with Crippen LogP contribution in [-0.4, -0.2) is 10.2 Å². The summed E-state index contributed by atoms with van der Waals surface area (Å²) in [5.74, 6) is 4.04. The molecule has 2 nitrogen and oxygen atoms in total. The molecule has 21 heavy (non-hydrogen) atoms. The lowest BCUT2D eigenvalue weighted by molar-refractivity contribution is -0.0854. The Morgan fingerprint density at radius 1 is 1.05 bits per heavy atom. The Labute approximate surface area is 127 Å². The van der Waals surface area contributed by atoms with E-state index < -0.39 is 0 Å². The number of hydrogen-bond acceptors (Lipinski definition) is 2. The fourth-order valence-corrected chi connectivity index (χ4v) is 6.39. The molecule has 0 saturated heterocycles. The van der Waals surface area contributed by atoms with E-state index in [9.17, 15) is 10.2 Å². The zero-order valence-electron chi connectivity index (χ0n) is 13.3. The Morgan fingerprint density at radius 2 is 1.86 bits per heavy atom. The molecular weight excluding hydrogens is 260 g/mol. The van der Waals surface area contributed by atoms with Gasteiger partial charge < -0.3 is 10.2 Å². The summed E-state index contributed by atoms with van der Waals surface area (Å²) in [6, 6.07) is 0. The fraction of sp³-hybridized carbons (Fsp3) is 0.789. The number of hydrogen-bond donors (Lipinski definition) is 2. The van der Waals surface area contributed by atoms with E-state index >= 15 is 0 Å². The van der Waals surface area contributed by atoms with Crippen molar-refractivity contribution in [2.24, 2.45) is 34.5 Å². The molecule has 2 fully saturated rings. The van der Waals surface area contributed by atoms with Crippen LogP contribution in [0.25, 0.3) is 0 Å². The molecule has 0 spiro atoms. The standard InChI is InChI=1S/C19H28O2/c1-18-9-7-13(20)11-12(18)3-4-14-15-5-6-17(21)19(15,2)10-8-16(14)18/h6,11-12,14-16,20-21H,3-5,7-10H2,1-2H3/t12?,14-,15-,16+,18-,19-/m0/s1. The second kappa shape index (κ2) is 4.30. The lowest BCUT2D eigenvalue weighted by Crippen LogP contribution is -2.51. The van der Waals surface area contributed by atoms with Gasteiger partial charge >= 0.3 is 0 Å². The molecule has 0 radical (unpaired) electrons. The van der Waals surface area contributed by atoms with Crippen LogP contribution in [-0.2, 0) is 0 Å². The maximum atomic E-state index is 10.3. The first-order valence-corrected chi connectivity index (χ1v) is 8.74. The summed E-state index contributed by atoms with van der Waals surface area (Å²) in [4.78, 5) is 0. The quantitative estimate of drug-likeness (QED) is 0.648. The molecule has 1 unspecified atom stereocenters. The highest BCUT2D eigenvalue weighted by Gasteiger charge is 2.58. The highest BCUT2D eigenvalue weighted by Crippen LogP contribution is 2.65. The Bertz CT molecular complexity index is 520. The van der Waals surface area contributed by atoms with Crippen LogP contribution < -0.4 is 0 Å². The van der Waals surface area contributed by atoms with E-state index in [4.69, 9.17) is 0 Å². The van der Waals surface area contributed by atoms with Gasteiger partial charge in [-0.1, -0.05) is 13.8 Å². The molecule has 2 saturated carbocycles. The molecule has 0 bridgehead atoms. The van der Waals surface area contributed by atoms with Gasteiger partial charge in [0.05, 0.1) is 11.5 Å². The minimum Gasteiger partial charge on any atom is -0.513 e. The largest absolute Gasteiger partial charge is 0.513 e. The van der Waals surface area contributed by atoms with Crippen molar-refractivity contribution in [2.75, 3.05) is 0 Å². The third kappa shape index (κ3) is 1.71. The highest BCUT2D eigenvalue weighted by atomic mass is 16.3. The van der Waals surface area contributed by atoms with E-state index in [0.29, 0.717) is 28.8 Å². The molecule has 0 aromatic heterocycles.